The van der Waals surface area contributed by atoms with Crippen molar-refractivity contribution in [2.75, 3.05) is 20.2 Å². The molecule has 1 atom stereocenters. The summed E-state index contributed by atoms with van der Waals surface area (Å²) in [7, 11) is 1.66. The number of H-pyrrole nitrogens is 1. The lowest BCUT2D eigenvalue weighted by Crippen LogP contribution is -2.36. The summed E-state index contributed by atoms with van der Waals surface area (Å²) in [6.07, 6.45) is 4.60. The molecule has 3 heterocycles. The summed E-state index contributed by atoms with van der Waals surface area (Å²) in [4.78, 5) is 19.0. The molecular weight excluding hydrogens is 440 g/mol. The second-order valence-corrected chi connectivity index (χ2v) is 9.50. The first-order chi connectivity index (χ1) is 17.0. The zero-order valence-corrected chi connectivity index (χ0v) is 20.6. The van der Waals surface area contributed by atoms with Gasteiger partial charge < -0.3 is 9.72 Å². The minimum absolute atomic E-state index is 0.0855. The molecule has 8 nitrogen and oxygen atoms in total. The number of hydrogen-bond acceptors (Lipinski definition) is 6. The molecule has 1 saturated heterocycles. The Morgan fingerprint density at radius 1 is 1.03 bits per heavy atom. The van der Waals surface area contributed by atoms with Gasteiger partial charge in [-0.1, -0.05) is 36.6 Å². The van der Waals surface area contributed by atoms with Gasteiger partial charge in [0.25, 0.3) is 5.56 Å². The van der Waals surface area contributed by atoms with Crippen molar-refractivity contribution in [1.29, 1.82) is 0 Å². The van der Waals surface area contributed by atoms with Crippen LogP contribution in [0.2, 0.25) is 0 Å². The van der Waals surface area contributed by atoms with Gasteiger partial charge in [0.1, 0.15) is 11.8 Å². The average Bonchev–Trinajstić information content (AvgIpc) is 3.12. The number of rotatable bonds is 6. The highest BCUT2D eigenvalue weighted by atomic mass is 16.5. The predicted molar refractivity (Wildman–Crippen MR) is 136 cm³/mol. The fraction of sp³-hybridized carbons (Fsp3) is 0.407. The van der Waals surface area contributed by atoms with Crippen LogP contribution in [0.15, 0.2) is 47.3 Å². The van der Waals surface area contributed by atoms with Gasteiger partial charge in [-0.15, -0.1) is 5.10 Å². The van der Waals surface area contributed by atoms with Crippen LogP contribution < -0.4 is 10.3 Å². The summed E-state index contributed by atoms with van der Waals surface area (Å²) in [6, 6.07) is 13.8. The molecular formula is C27H32N6O2. The second-order valence-electron chi connectivity index (χ2n) is 9.50. The van der Waals surface area contributed by atoms with E-state index in [1.165, 1.54) is 18.4 Å². The summed E-state index contributed by atoms with van der Waals surface area (Å²) in [5.41, 5.74) is 4.79. The van der Waals surface area contributed by atoms with Crippen LogP contribution in [0.5, 0.6) is 5.75 Å². The second kappa shape index (κ2) is 10.00. The van der Waals surface area contributed by atoms with Gasteiger partial charge in [-0.05, 0) is 91.0 Å². The maximum absolute atomic E-state index is 13.5. The van der Waals surface area contributed by atoms with E-state index < -0.39 is 0 Å². The van der Waals surface area contributed by atoms with E-state index in [0.29, 0.717) is 17.9 Å². The summed E-state index contributed by atoms with van der Waals surface area (Å²) in [6.45, 7) is 6.45. The Kier molecular flexibility index (Phi) is 6.63. The Balaban J connectivity index is 1.61. The number of hydrogen-bond donors (Lipinski definition) is 1. The van der Waals surface area contributed by atoms with E-state index in [2.05, 4.69) is 44.5 Å². The predicted octanol–water partition coefficient (Wildman–Crippen LogP) is 4.15. The van der Waals surface area contributed by atoms with E-state index >= 15 is 0 Å². The molecule has 0 amide bonds. The molecule has 1 fully saturated rings. The Labute approximate surface area is 204 Å². The highest BCUT2D eigenvalue weighted by molar-refractivity contribution is 5.83. The van der Waals surface area contributed by atoms with Crippen LogP contribution in [0.25, 0.3) is 10.9 Å². The minimum Gasteiger partial charge on any atom is -0.497 e. The third-order valence-electron chi connectivity index (χ3n) is 6.92. The Morgan fingerprint density at radius 3 is 2.49 bits per heavy atom. The number of benzene rings is 2. The number of pyridine rings is 1. The molecule has 1 unspecified atom stereocenters. The van der Waals surface area contributed by atoms with E-state index in [1.807, 2.05) is 41.9 Å². The van der Waals surface area contributed by atoms with Gasteiger partial charge in [0, 0.05) is 5.56 Å². The summed E-state index contributed by atoms with van der Waals surface area (Å²) < 4.78 is 7.11. The number of nitrogens with one attached hydrogen (secondary N) is 1. The monoisotopic (exact) mass is 472 g/mol. The Bertz CT molecular complexity index is 1370. The van der Waals surface area contributed by atoms with Gasteiger partial charge >= 0.3 is 0 Å². The van der Waals surface area contributed by atoms with Gasteiger partial charge in [-0.25, -0.2) is 4.68 Å². The lowest BCUT2D eigenvalue weighted by molar-refractivity contribution is 0.220. The molecule has 1 N–H and O–H groups in total. The number of fused-ring (bicyclic) bond motifs is 1. The quantitative estimate of drug-likeness (QED) is 0.453. The maximum Gasteiger partial charge on any atom is 0.253 e. The van der Waals surface area contributed by atoms with Crippen molar-refractivity contribution >= 4 is 10.9 Å². The molecule has 0 radical (unpaired) electrons. The molecule has 2 aromatic carbocycles. The topological polar surface area (TPSA) is 88.9 Å². The zero-order chi connectivity index (χ0) is 24.4. The third-order valence-corrected chi connectivity index (χ3v) is 6.92. The molecule has 0 saturated carbocycles. The number of likely N-dealkylation sites (tertiary alicyclic amines) is 1. The standard InChI is InChI=1S/C27H32N6O2/c1-18-14-19(2)24-21(15-18)16-23(27(34)28-24)25(32-12-6-4-5-7-13-32)26-29-30-31-33(26)17-20-8-10-22(35-3)11-9-20/h8-11,14-16,25H,4-7,12-13,17H2,1-3H3,(H,28,34). The van der Waals surface area contributed by atoms with E-state index in [4.69, 9.17) is 4.74 Å². The maximum atomic E-state index is 13.5. The normalized spacial score (nSPS) is 15.7. The number of tetrazole rings is 1. The number of aryl methyl sites for hydroxylation is 2. The van der Waals surface area contributed by atoms with Crippen molar-refractivity contribution in [3.63, 3.8) is 0 Å². The smallest absolute Gasteiger partial charge is 0.253 e. The van der Waals surface area contributed by atoms with E-state index in [9.17, 15) is 4.79 Å². The van der Waals surface area contributed by atoms with Crippen molar-refractivity contribution in [3.05, 3.63) is 80.9 Å². The van der Waals surface area contributed by atoms with Crippen LogP contribution in [-0.4, -0.2) is 50.3 Å². The zero-order valence-electron chi connectivity index (χ0n) is 20.6. The molecule has 0 bridgehead atoms. The molecule has 0 aliphatic carbocycles. The molecule has 35 heavy (non-hydrogen) atoms. The van der Waals surface area contributed by atoms with E-state index in [0.717, 1.165) is 53.7 Å². The van der Waals surface area contributed by atoms with E-state index in [-0.39, 0.29) is 11.6 Å². The van der Waals surface area contributed by atoms with Gasteiger partial charge in [0.15, 0.2) is 5.82 Å². The van der Waals surface area contributed by atoms with E-state index in [1.54, 1.807) is 7.11 Å². The first-order valence-corrected chi connectivity index (χ1v) is 12.3. The van der Waals surface area contributed by atoms with Gasteiger partial charge in [0.2, 0.25) is 0 Å². The fourth-order valence-electron chi connectivity index (χ4n) is 5.18. The molecule has 4 aromatic rings. The molecule has 8 heteroatoms. The van der Waals surface area contributed by atoms with Gasteiger partial charge in [-0.3, -0.25) is 9.69 Å². The molecule has 1 aliphatic rings. The van der Waals surface area contributed by atoms with Crippen LogP contribution in [0.3, 0.4) is 0 Å². The number of aromatic amines is 1. The first-order valence-electron chi connectivity index (χ1n) is 12.3. The number of aromatic nitrogens is 5. The fourth-order valence-corrected chi connectivity index (χ4v) is 5.18. The number of methoxy groups -OCH3 is 1. The SMILES string of the molecule is COc1ccc(Cn2nnnc2C(c2cc3cc(C)cc(C)c3[nH]c2=O)N2CCCCCC2)cc1. The molecule has 5 rings (SSSR count). The highest BCUT2D eigenvalue weighted by Gasteiger charge is 2.31. The van der Waals surface area contributed by atoms with Gasteiger partial charge in [0.05, 0.1) is 19.2 Å². The summed E-state index contributed by atoms with van der Waals surface area (Å²) in [5.74, 6) is 1.50. The van der Waals surface area contributed by atoms with Gasteiger partial charge in [-0.2, -0.15) is 0 Å². The van der Waals surface area contributed by atoms with Crippen LogP contribution in [-0.2, 0) is 6.54 Å². The van der Waals surface area contributed by atoms with Crippen molar-refractivity contribution in [1.82, 2.24) is 30.1 Å². The van der Waals surface area contributed by atoms with Crippen LogP contribution in [0.1, 0.15) is 59.8 Å². The molecule has 1 aliphatic heterocycles. The van der Waals surface area contributed by atoms with Crippen LogP contribution >= 0.6 is 0 Å². The van der Waals surface area contributed by atoms with Crippen LogP contribution in [0.4, 0.5) is 0 Å². The molecule has 2 aromatic heterocycles. The lowest BCUT2D eigenvalue weighted by atomic mass is 10.0. The van der Waals surface area contributed by atoms with Crippen molar-refractivity contribution in [3.8, 4) is 5.75 Å². The summed E-state index contributed by atoms with van der Waals surface area (Å²) >= 11 is 0. The lowest BCUT2D eigenvalue weighted by Gasteiger charge is -2.29. The number of nitrogens with zero attached hydrogens (tertiary/aromatic N) is 5. The summed E-state index contributed by atoms with van der Waals surface area (Å²) in [5, 5.41) is 13.9. The Morgan fingerprint density at radius 2 is 1.77 bits per heavy atom. The minimum atomic E-state index is -0.324. The highest BCUT2D eigenvalue weighted by Crippen LogP contribution is 2.30. The van der Waals surface area contributed by atoms with Crippen molar-refractivity contribution < 1.29 is 4.74 Å². The molecule has 182 valence electrons. The number of ether oxygens (including phenoxy) is 1. The first kappa shape index (κ1) is 23.2. The van der Waals surface area contributed by atoms with Crippen molar-refractivity contribution in [2.24, 2.45) is 0 Å². The largest absolute Gasteiger partial charge is 0.497 e. The third kappa shape index (κ3) is 4.84. The molecule has 0 spiro atoms. The van der Waals surface area contributed by atoms with Crippen molar-refractivity contribution in [2.45, 2.75) is 52.1 Å². The van der Waals surface area contributed by atoms with Crippen LogP contribution in [0, 0.1) is 13.8 Å². The average molecular weight is 473 g/mol. The Hall–Kier alpha value is -3.52.